The lowest BCUT2D eigenvalue weighted by molar-refractivity contribution is 0.0520. The van der Waals surface area contributed by atoms with Crippen molar-refractivity contribution >= 4 is 23.8 Å². The van der Waals surface area contributed by atoms with E-state index in [0.29, 0.717) is 11.4 Å². The summed E-state index contributed by atoms with van der Waals surface area (Å²) in [6.07, 6.45) is 5.72. The Morgan fingerprint density at radius 2 is 2.16 bits per heavy atom. The lowest BCUT2D eigenvalue weighted by Crippen LogP contribution is -2.06. The fourth-order valence-electron chi connectivity index (χ4n) is 2.71. The molecule has 1 saturated carbocycles. The standard InChI is InChI=1S/C15H15ClO3/c16-13-8-12-10(4-5-14(12)19-15(17)18)7-11(13)6-9-2-1-3-9/h6-8,14H,1-5H2,(H,17,18). The van der Waals surface area contributed by atoms with Crippen molar-refractivity contribution in [3.8, 4) is 0 Å². The summed E-state index contributed by atoms with van der Waals surface area (Å²) >= 11 is 6.29. The highest BCUT2D eigenvalue weighted by atomic mass is 35.5. The number of benzene rings is 1. The van der Waals surface area contributed by atoms with Crippen molar-refractivity contribution in [3.63, 3.8) is 0 Å². The Morgan fingerprint density at radius 1 is 1.37 bits per heavy atom. The van der Waals surface area contributed by atoms with Gasteiger partial charge in [0.25, 0.3) is 0 Å². The first kappa shape index (κ1) is 12.5. The van der Waals surface area contributed by atoms with Crippen LogP contribution in [0.25, 0.3) is 6.08 Å². The molecule has 3 nitrogen and oxygen atoms in total. The Kier molecular flexibility index (Phi) is 3.23. The Hall–Kier alpha value is -1.48. The first-order valence-electron chi connectivity index (χ1n) is 6.55. The molecule has 0 radical (unpaired) electrons. The molecular weight excluding hydrogens is 264 g/mol. The lowest BCUT2D eigenvalue weighted by atomic mass is 9.90. The van der Waals surface area contributed by atoms with Gasteiger partial charge in [-0.15, -0.1) is 0 Å². The fraction of sp³-hybridized carbons (Fsp3) is 0.400. The number of hydrogen-bond donors (Lipinski definition) is 1. The summed E-state index contributed by atoms with van der Waals surface area (Å²) in [4.78, 5) is 10.6. The van der Waals surface area contributed by atoms with Crippen molar-refractivity contribution in [2.24, 2.45) is 0 Å². The molecular formula is C15H15ClO3. The Balaban J connectivity index is 1.90. The maximum atomic E-state index is 10.6. The zero-order chi connectivity index (χ0) is 13.4. The number of hydrogen-bond acceptors (Lipinski definition) is 2. The summed E-state index contributed by atoms with van der Waals surface area (Å²) in [7, 11) is 0. The van der Waals surface area contributed by atoms with Crippen LogP contribution in [-0.4, -0.2) is 11.3 Å². The van der Waals surface area contributed by atoms with Crippen LogP contribution in [0.3, 0.4) is 0 Å². The minimum Gasteiger partial charge on any atom is -0.450 e. The molecule has 2 aliphatic carbocycles. The molecule has 100 valence electrons. The quantitative estimate of drug-likeness (QED) is 0.805. The molecule has 1 fully saturated rings. The van der Waals surface area contributed by atoms with E-state index in [1.165, 1.54) is 12.0 Å². The second kappa shape index (κ2) is 4.89. The molecule has 1 aromatic carbocycles. The number of allylic oxidation sites excluding steroid dienone is 1. The molecule has 0 saturated heterocycles. The van der Waals surface area contributed by atoms with E-state index in [-0.39, 0.29) is 6.10 Å². The molecule has 1 unspecified atom stereocenters. The van der Waals surface area contributed by atoms with Gasteiger partial charge in [-0.2, -0.15) is 0 Å². The van der Waals surface area contributed by atoms with Gasteiger partial charge in [0.05, 0.1) is 0 Å². The average molecular weight is 279 g/mol. The molecule has 4 heteroatoms. The van der Waals surface area contributed by atoms with E-state index < -0.39 is 6.16 Å². The number of rotatable bonds is 2. The van der Waals surface area contributed by atoms with Crippen LogP contribution >= 0.6 is 11.6 Å². The summed E-state index contributed by atoms with van der Waals surface area (Å²) in [5.74, 6) is 0. The lowest BCUT2D eigenvalue weighted by Gasteiger charge is -2.17. The number of carboxylic acid groups (broad SMARTS) is 1. The number of halogens is 1. The summed E-state index contributed by atoms with van der Waals surface area (Å²) < 4.78 is 4.89. The molecule has 3 rings (SSSR count). The maximum Gasteiger partial charge on any atom is 0.506 e. The van der Waals surface area contributed by atoms with Crippen LogP contribution in [0.5, 0.6) is 0 Å². The summed E-state index contributed by atoms with van der Waals surface area (Å²) in [6.45, 7) is 0. The van der Waals surface area contributed by atoms with Gasteiger partial charge in [-0.3, -0.25) is 0 Å². The first-order chi connectivity index (χ1) is 9.13. The Bertz CT molecular complexity index is 557. The maximum absolute atomic E-state index is 10.6. The van der Waals surface area contributed by atoms with Gasteiger partial charge in [0.2, 0.25) is 0 Å². The van der Waals surface area contributed by atoms with Crippen molar-refractivity contribution < 1.29 is 14.6 Å². The molecule has 19 heavy (non-hydrogen) atoms. The van der Waals surface area contributed by atoms with E-state index >= 15 is 0 Å². The van der Waals surface area contributed by atoms with Crippen molar-refractivity contribution in [2.75, 3.05) is 0 Å². The van der Waals surface area contributed by atoms with Gasteiger partial charge >= 0.3 is 6.16 Å². The highest BCUT2D eigenvalue weighted by Crippen LogP contribution is 2.38. The number of ether oxygens (including phenoxy) is 1. The van der Waals surface area contributed by atoms with Crippen LogP contribution in [-0.2, 0) is 11.2 Å². The smallest absolute Gasteiger partial charge is 0.450 e. The molecule has 0 aromatic heterocycles. The molecule has 2 aliphatic rings. The highest BCUT2D eigenvalue weighted by molar-refractivity contribution is 6.32. The number of aryl methyl sites for hydroxylation is 1. The van der Waals surface area contributed by atoms with Crippen LogP contribution in [0.2, 0.25) is 5.02 Å². The third-order valence-corrected chi connectivity index (χ3v) is 4.21. The first-order valence-corrected chi connectivity index (χ1v) is 6.92. The van der Waals surface area contributed by atoms with Crippen molar-refractivity contribution in [2.45, 2.75) is 38.2 Å². The van der Waals surface area contributed by atoms with Crippen LogP contribution in [0.1, 0.15) is 48.5 Å². The van der Waals surface area contributed by atoms with Gasteiger partial charge in [0.1, 0.15) is 6.10 Å². The van der Waals surface area contributed by atoms with E-state index in [4.69, 9.17) is 21.4 Å². The van der Waals surface area contributed by atoms with E-state index in [1.807, 2.05) is 6.07 Å². The predicted octanol–water partition coefficient (Wildman–Crippen LogP) is 4.59. The largest absolute Gasteiger partial charge is 0.506 e. The van der Waals surface area contributed by atoms with Crippen LogP contribution in [0, 0.1) is 0 Å². The van der Waals surface area contributed by atoms with Crippen molar-refractivity contribution in [3.05, 3.63) is 39.4 Å². The molecule has 0 amide bonds. The van der Waals surface area contributed by atoms with Crippen LogP contribution in [0.4, 0.5) is 4.79 Å². The van der Waals surface area contributed by atoms with E-state index in [0.717, 1.165) is 36.0 Å². The van der Waals surface area contributed by atoms with Gasteiger partial charge in [-0.05, 0) is 60.9 Å². The summed E-state index contributed by atoms with van der Waals surface area (Å²) in [5.41, 5.74) is 4.56. The topological polar surface area (TPSA) is 46.5 Å². The number of carbonyl (C=O) groups is 1. The van der Waals surface area contributed by atoms with Gasteiger partial charge in [0, 0.05) is 5.02 Å². The summed E-state index contributed by atoms with van der Waals surface area (Å²) in [6, 6.07) is 3.94. The van der Waals surface area contributed by atoms with Crippen molar-refractivity contribution in [1.29, 1.82) is 0 Å². The molecule has 0 heterocycles. The van der Waals surface area contributed by atoms with Crippen LogP contribution < -0.4 is 0 Å². The zero-order valence-electron chi connectivity index (χ0n) is 10.5. The predicted molar refractivity (Wildman–Crippen MR) is 73.5 cm³/mol. The molecule has 1 aromatic rings. The third-order valence-electron chi connectivity index (χ3n) is 3.88. The SMILES string of the molecule is O=C(O)OC1CCc2cc(C=C3CCC3)c(Cl)cc21. The normalized spacial score (nSPS) is 20.7. The van der Waals surface area contributed by atoms with Gasteiger partial charge in [-0.25, -0.2) is 4.79 Å². The molecule has 0 aliphatic heterocycles. The van der Waals surface area contributed by atoms with Gasteiger partial charge in [-0.1, -0.05) is 23.3 Å². The van der Waals surface area contributed by atoms with E-state index in [1.54, 1.807) is 0 Å². The average Bonchev–Trinajstić information content (AvgIpc) is 2.65. The van der Waals surface area contributed by atoms with E-state index in [9.17, 15) is 4.79 Å². The molecule has 0 bridgehead atoms. The Labute approximate surface area is 116 Å². The van der Waals surface area contributed by atoms with Crippen molar-refractivity contribution in [1.82, 2.24) is 0 Å². The Morgan fingerprint density at radius 3 is 2.79 bits per heavy atom. The monoisotopic (exact) mass is 278 g/mol. The second-order valence-electron chi connectivity index (χ2n) is 5.14. The molecule has 1 atom stereocenters. The zero-order valence-corrected chi connectivity index (χ0v) is 11.2. The fourth-order valence-corrected chi connectivity index (χ4v) is 2.94. The van der Waals surface area contributed by atoms with Gasteiger partial charge in [0.15, 0.2) is 0 Å². The van der Waals surface area contributed by atoms with Crippen LogP contribution in [0.15, 0.2) is 17.7 Å². The minimum absolute atomic E-state index is 0.365. The molecule has 1 N–H and O–H groups in total. The number of fused-ring (bicyclic) bond motifs is 1. The highest BCUT2D eigenvalue weighted by Gasteiger charge is 2.27. The summed E-state index contributed by atoms with van der Waals surface area (Å²) in [5, 5.41) is 9.40. The molecule has 0 spiro atoms. The third kappa shape index (κ3) is 2.47. The second-order valence-corrected chi connectivity index (χ2v) is 5.55. The minimum atomic E-state index is -1.23. The van der Waals surface area contributed by atoms with E-state index in [2.05, 4.69) is 12.1 Å². The van der Waals surface area contributed by atoms with Gasteiger partial charge < -0.3 is 9.84 Å².